The van der Waals surface area contributed by atoms with Crippen molar-refractivity contribution in [3.63, 3.8) is 0 Å². The van der Waals surface area contributed by atoms with Crippen molar-refractivity contribution in [2.45, 2.75) is 39.8 Å². The summed E-state index contributed by atoms with van der Waals surface area (Å²) in [5, 5.41) is 6.61. The van der Waals surface area contributed by atoms with Crippen LogP contribution in [0, 0.1) is 0 Å². The lowest BCUT2D eigenvalue weighted by molar-refractivity contribution is -0.143. The van der Waals surface area contributed by atoms with Crippen molar-refractivity contribution in [1.29, 1.82) is 0 Å². The van der Waals surface area contributed by atoms with Gasteiger partial charge in [-0.15, -0.1) is 0 Å². The molecule has 5 nitrogen and oxygen atoms in total. The first-order valence-corrected chi connectivity index (χ1v) is 8.95. The summed E-state index contributed by atoms with van der Waals surface area (Å²) in [6.45, 7) is 7.98. The maximum Gasteiger partial charge on any atom is 0.338 e. The highest BCUT2D eigenvalue weighted by molar-refractivity contribution is 9.10. The molecule has 1 aromatic carbocycles. The Kier molecular flexibility index (Phi) is 6.23. The molecule has 0 aromatic heterocycles. The normalized spacial score (nSPS) is 17.4. The third kappa shape index (κ3) is 4.27. The number of thiocarbonyl (C=S) groups is 1. The average Bonchev–Trinajstić information content (AvgIpc) is 2.47. The zero-order valence-corrected chi connectivity index (χ0v) is 16.5. The van der Waals surface area contributed by atoms with E-state index in [-0.39, 0.29) is 18.1 Å². The van der Waals surface area contributed by atoms with Crippen molar-refractivity contribution >= 4 is 39.2 Å². The zero-order chi connectivity index (χ0) is 17.9. The molecule has 1 aliphatic rings. The molecule has 0 spiro atoms. The van der Waals surface area contributed by atoms with Gasteiger partial charge in [-0.1, -0.05) is 6.07 Å². The lowest BCUT2D eigenvalue weighted by Crippen LogP contribution is -2.45. The molecule has 0 saturated heterocycles. The second-order valence-electron chi connectivity index (χ2n) is 5.65. The van der Waals surface area contributed by atoms with Crippen LogP contribution in [0.15, 0.2) is 33.9 Å². The largest absolute Gasteiger partial charge is 0.493 e. The number of ether oxygens (including phenoxy) is 2. The fraction of sp³-hybridized carbons (Fsp3) is 0.412. The molecule has 7 heteroatoms. The molecule has 130 valence electrons. The van der Waals surface area contributed by atoms with Crippen LogP contribution in [0.25, 0.3) is 0 Å². The Bertz CT molecular complexity index is 688. The standard InChI is InChI=1S/C17H21BrN2O3S/c1-5-22-13-7-6-11(8-12(13)18)15-14(16(21)23-9(2)3)10(4)19-17(24)20-15/h6-9,15H,5H2,1-4H3,(H2,19,20,24)/t15-/m1/s1. The number of halogens is 1. The van der Waals surface area contributed by atoms with E-state index in [1.807, 2.05) is 45.9 Å². The van der Waals surface area contributed by atoms with Gasteiger partial charge >= 0.3 is 5.97 Å². The van der Waals surface area contributed by atoms with Crippen molar-refractivity contribution in [3.05, 3.63) is 39.5 Å². The Morgan fingerprint density at radius 3 is 2.71 bits per heavy atom. The van der Waals surface area contributed by atoms with Gasteiger partial charge in [0.15, 0.2) is 5.11 Å². The predicted molar refractivity (Wildman–Crippen MR) is 101 cm³/mol. The van der Waals surface area contributed by atoms with Crippen LogP contribution in [0.1, 0.15) is 39.3 Å². The Balaban J connectivity index is 2.41. The number of carbonyl (C=O) groups excluding carboxylic acids is 1. The smallest absolute Gasteiger partial charge is 0.338 e. The summed E-state index contributed by atoms with van der Waals surface area (Å²) in [7, 11) is 0. The van der Waals surface area contributed by atoms with Gasteiger partial charge in [0.05, 0.1) is 28.8 Å². The molecule has 1 aromatic rings. The SMILES string of the molecule is CCOc1ccc([C@H]2NC(=S)NC(C)=C2C(=O)OC(C)C)cc1Br. The molecule has 1 heterocycles. The summed E-state index contributed by atoms with van der Waals surface area (Å²) < 4.78 is 11.7. The second-order valence-corrected chi connectivity index (χ2v) is 6.91. The van der Waals surface area contributed by atoms with Gasteiger partial charge in [-0.05, 0) is 73.5 Å². The van der Waals surface area contributed by atoms with E-state index in [0.717, 1.165) is 15.8 Å². The number of nitrogens with one attached hydrogen (secondary N) is 2. The number of carbonyl (C=O) groups is 1. The van der Waals surface area contributed by atoms with E-state index in [0.29, 0.717) is 23.0 Å². The van der Waals surface area contributed by atoms with Crippen LogP contribution in [0.5, 0.6) is 5.75 Å². The summed E-state index contributed by atoms with van der Waals surface area (Å²) in [4.78, 5) is 12.5. The fourth-order valence-corrected chi connectivity index (χ4v) is 3.24. The van der Waals surface area contributed by atoms with Crippen LogP contribution in [-0.4, -0.2) is 23.8 Å². The van der Waals surface area contributed by atoms with Gasteiger partial charge in [-0.3, -0.25) is 0 Å². The molecule has 0 unspecified atom stereocenters. The quantitative estimate of drug-likeness (QED) is 0.569. The van der Waals surface area contributed by atoms with Gasteiger partial charge in [0.25, 0.3) is 0 Å². The molecule has 0 radical (unpaired) electrons. The first-order chi connectivity index (χ1) is 11.3. The molecule has 1 aliphatic heterocycles. The van der Waals surface area contributed by atoms with Crippen LogP contribution in [-0.2, 0) is 9.53 Å². The van der Waals surface area contributed by atoms with Crippen molar-refractivity contribution in [1.82, 2.24) is 10.6 Å². The molecular weight excluding hydrogens is 392 g/mol. The fourth-order valence-electron chi connectivity index (χ4n) is 2.46. The van der Waals surface area contributed by atoms with Gasteiger partial charge in [-0.25, -0.2) is 4.79 Å². The Labute approximate surface area is 155 Å². The number of esters is 1. The zero-order valence-electron chi connectivity index (χ0n) is 14.1. The molecule has 1 atom stereocenters. The van der Waals surface area contributed by atoms with Crippen molar-refractivity contribution < 1.29 is 14.3 Å². The Hall–Kier alpha value is -1.60. The minimum Gasteiger partial charge on any atom is -0.493 e. The Morgan fingerprint density at radius 1 is 1.42 bits per heavy atom. The maximum absolute atomic E-state index is 12.5. The van der Waals surface area contributed by atoms with E-state index in [1.54, 1.807) is 0 Å². The number of allylic oxidation sites excluding steroid dienone is 1. The first kappa shape index (κ1) is 18.7. The van der Waals surface area contributed by atoms with Crippen LogP contribution in [0.4, 0.5) is 0 Å². The predicted octanol–water partition coefficient (Wildman–Crippen LogP) is 3.59. The summed E-state index contributed by atoms with van der Waals surface area (Å²) >= 11 is 8.75. The average molecular weight is 413 g/mol. The molecule has 2 N–H and O–H groups in total. The maximum atomic E-state index is 12.5. The third-order valence-electron chi connectivity index (χ3n) is 3.42. The summed E-state index contributed by atoms with van der Waals surface area (Å²) in [5.74, 6) is 0.393. The van der Waals surface area contributed by atoms with Crippen LogP contribution in [0.2, 0.25) is 0 Å². The molecule has 0 fully saturated rings. The van der Waals surface area contributed by atoms with E-state index in [2.05, 4.69) is 26.6 Å². The van der Waals surface area contributed by atoms with Crippen molar-refractivity contribution in [2.24, 2.45) is 0 Å². The minimum absolute atomic E-state index is 0.195. The molecular formula is C17H21BrN2O3S. The van der Waals surface area contributed by atoms with E-state index < -0.39 is 0 Å². The topological polar surface area (TPSA) is 59.6 Å². The summed E-state index contributed by atoms with van der Waals surface area (Å²) in [5.41, 5.74) is 2.11. The highest BCUT2D eigenvalue weighted by Gasteiger charge is 2.31. The van der Waals surface area contributed by atoms with E-state index >= 15 is 0 Å². The van der Waals surface area contributed by atoms with Crippen LogP contribution in [0.3, 0.4) is 0 Å². The highest BCUT2D eigenvalue weighted by atomic mass is 79.9. The van der Waals surface area contributed by atoms with E-state index in [9.17, 15) is 4.79 Å². The van der Waals surface area contributed by atoms with Gasteiger partial charge in [0, 0.05) is 5.70 Å². The van der Waals surface area contributed by atoms with Gasteiger partial charge in [-0.2, -0.15) is 0 Å². The van der Waals surface area contributed by atoms with Gasteiger partial charge in [0.1, 0.15) is 5.75 Å². The summed E-state index contributed by atoms with van der Waals surface area (Å²) in [6.07, 6.45) is -0.195. The van der Waals surface area contributed by atoms with Gasteiger partial charge in [0.2, 0.25) is 0 Å². The number of hydrogen-bond acceptors (Lipinski definition) is 4. The highest BCUT2D eigenvalue weighted by Crippen LogP contribution is 2.33. The van der Waals surface area contributed by atoms with E-state index in [4.69, 9.17) is 21.7 Å². The van der Waals surface area contributed by atoms with Crippen LogP contribution >= 0.6 is 28.1 Å². The van der Waals surface area contributed by atoms with E-state index in [1.165, 1.54) is 0 Å². The molecule has 2 rings (SSSR count). The molecule has 0 amide bonds. The number of hydrogen-bond donors (Lipinski definition) is 2. The van der Waals surface area contributed by atoms with Crippen LogP contribution < -0.4 is 15.4 Å². The molecule has 24 heavy (non-hydrogen) atoms. The molecule has 0 bridgehead atoms. The number of benzene rings is 1. The minimum atomic E-state index is -0.378. The second kappa shape index (κ2) is 7.98. The first-order valence-electron chi connectivity index (χ1n) is 7.75. The summed E-state index contributed by atoms with van der Waals surface area (Å²) in [6, 6.07) is 5.33. The lowest BCUT2D eigenvalue weighted by atomic mass is 9.95. The Morgan fingerprint density at radius 2 is 2.12 bits per heavy atom. The number of rotatable bonds is 5. The van der Waals surface area contributed by atoms with Crippen molar-refractivity contribution in [2.75, 3.05) is 6.61 Å². The lowest BCUT2D eigenvalue weighted by Gasteiger charge is -2.30. The monoisotopic (exact) mass is 412 g/mol. The third-order valence-corrected chi connectivity index (χ3v) is 4.26. The molecule has 0 saturated carbocycles. The molecule has 0 aliphatic carbocycles. The van der Waals surface area contributed by atoms with Gasteiger partial charge < -0.3 is 20.1 Å². The van der Waals surface area contributed by atoms with Crippen molar-refractivity contribution in [3.8, 4) is 5.75 Å².